The molecule has 0 aliphatic carbocycles. The first kappa shape index (κ1) is 8.52. The van der Waals surface area contributed by atoms with E-state index in [9.17, 15) is 9.18 Å². The summed E-state index contributed by atoms with van der Waals surface area (Å²) in [5, 5.41) is 18.0. The molecule has 0 amide bonds. The second-order valence-electron chi connectivity index (χ2n) is 2.35. The minimum Gasteiger partial charge on any atom is -0.507 e. The van der Waals surface area contributed by atoms with Crippen LogP contribution in [0, 0.1) is 5.82 Å². The van der Waals surface area contributed by atoms with E-state index in [1.165, 1.54) is 0 Å². The Balaban J connectivity index is 3.43. The first-order valence-corrected chi connectivity index (χ1v) is 3.25. The lowest BCUT2D eigenvalue weighted by Gasteiger charge is -2.03. The quantitative estimate of drug-likeness (QED) is 0.627. The van der Waals surface area contributed by atoms with Gasteiger partial charge in [-0.1, -0.05) is 0 Å². The molecule has 1 aromatic rings. The molecule has 12 heavy (non-hydrogen) atoms. The Morgan fingerprint density at radius 1 is 1.42 bits per heavy atom. The molecule has 0 radical (unpaired) electrons. The molecule has 64 valence electrons. The smallest absolute Gasteiger partial charge is 0.167 e. The highest BCUT2D eigenvalue weighted by Gasteiger charge is 2.15. The number of hydrogen-bond acceptors (Lipinski definition) is 3. The van der Waals surface area contributed by atoms with Crippen LogP contribution in [0.4, 0.5) is 4.39 Å². The van der Waals surface area contributed by atoms with Crippen molar-refractivity contribution in [3.63, 3.8) is 0 Å². The molecule has 3 nitrogen and oxygen atoms in total. The fourth-order valence-corrected chi connectivity index (χ4v) is 0.902. The van der Waals surface area contributed by atoms with Gasteiger partial charge in [0.05, 0.1) is 0 Å². The third-order valence-corrected chi connectivity index (χ3v) is 1.46. The summed E-state index contributed by atoms with van der Waals surface area (Å²) in [6, 6.07) is 1.91. The molecule has 1 rings (SSSR count). The number of benzene rings is 1. The number of aromatic hydroxyl groups is 2. The first-order valence-electron chi connectivity index (χ1n) is 3.25. The summed E-state index contributed by atoms with van der Waals surface area (Å²) in [7, 11) is 0. The second-order valence-corrected chi connectivity index (χ2v) is 2.35. The molecular weight excluding hydrogens is 163 g/mol. The van der Waals surface area contributed by atoms with Crippen LogP contribution in [0.15, 0.2) is 12.1 Å². The summed E-state index contributed by atoms with van der Waals surface area (Å²) in [5.41, 5.74) is -0.380. The molecule has 0 heterocycles. The average molecular weight is 170 g/mol. The van der Waals surface area contributed by atoms with Crippen LogP contribution in [0.3, 0.4) is 0 Å². The molecule has 0 spiro atoms. The lowest BCUT2D eigenvalue weighted by atomic mass is 10.1. The minimum atomic E-state index is -0.919. The summed E-state index contributed by atoms with van der Waals surface area (Å²) < 4.78 is 12.6. The standard InChI is InChI=1S/C8H7FO3/c1-4(10)7-6(11)3-2-5(9)8(7)12/h2-3,11-12H,1H3. The van der Waals surface area contributed by atoms with Crippen LogP contribution in [-0.2, 0) is 0 Å². The molecular formula is C8H7FO3. The zero-order valence-electron chi connectivity index (χ0n) is 6.34. The zero-order valence-corrected chi connectivity index (χ0v) is 6.34. The van der Waals surface area contributed by atoms with E-state index in [1.807, 2.05) is 0 Å². The van der Waals surface area contributed by atoms with Gasteiger partial charge in [-0.3, -0.25) is 4.79 Å². The number of carbonyl (C=O) groups is 1. The van der Waals surface area contributed by atoms with Crippen molar-refractivity contribution in [1.82, 2.24) is 0 Å². The Labute approximate surface area is 68.1 Å². The van der Waals surface area contributed by atoms with E-state index in [-0.39, 0.29) is 5.56 Å². The number of ketones is 1. The Kier molecular flexibility index (Phi) is 1.99. The van der Waals surface area contributed by atoms with Crippen molar-refractivity contribution in [2.75, 3.05) is 0 Å². The lowest BCUT2D eigenvalue weighted by Crippen LogP contribution is -1.95. The van der Waals surface area contributed by atoms with Crippen LogP contribution in [0.25, 0.3) is 0 Å². The molecule has 0 aromatic heterocycles. The van der Waals surface area contributed by atoms with Crippen molar-refractivity contribution >= 4 is 5.78 Å². The van der Waals surface area contributed by atoms with E-state index in [1.54, 1.807) is 0 Å². The number of rotatable bonds is 1. The van der Waals surface area contributed by atoms with Crippen LogP contribution in [0.1, 0.15) is 17.3 Å². The fourth-order valence-electron chi connectivity index (χ4n) is 0.902. The van der Waals surface area contributed by atoms with E-state index in [4.69, 9.17) is 10.2 Å². The van der Waals surface area contributed by atoms with Gasteiger partial charge >= 0.3 is 0 Å². The summed E-state index contributed by atoms with van der Waals surface area (Å²) in [5.74, 6) is -2.72. The number of Topliss-reactive ketones (excluding diaryl/α,β-unsaturated/α-hetero) is 1. The molecule has 1 aromatic carbocycles. The number of phenols is 2. The molecule has 0 aliphatic rings. The molecule has 0 unspecified atom stereocenters. The first-order chi connectivity index (χ1) is 5.54. The van der Waals surface area contributed by atoms with Crippen molar-refractivity contribution < 1.29 is 19.4 Å². The van der Waals surface area contributed by atoms with Gasteiger partial charge in [-0.2, -0.15) is 0 Å². The molecule has 4 heteroatoms. The largest absolute Gasteiger partial charge is 0.507 e. The molecule has 0 saturated carbocycles. The highest BCUT2D eigenvalue weighted by atomic mass is 19.1. The average Bonchev–Trinajstić information content (AvgIpc) is 1.97. The number of phenolic OH excluding ortho intramolecular Hbond substituents is 2. The minimum absolute atomic E-state index is 0.380. The van der Waals surface area contributed by atoms with Gasteiger partial charge in [-0.05, 0) is 19.1 Å². The molecule has 0 atom stereocenters. The highest BCUT2D eigenvalue weighted by molar-refractivity contribution is 5.99. The predicted molar refractivity (Wildman–Crippen MR) is 39.7 cm³/mol. The number of carbonyl (C=O) groups excluding carboxylic acids is 1. The van der Waals surface area contributed by atoms with Crippen molar-refractivity contribution in [2.45, 2.75) is 6.92 Å². The zero-order chi connectivity index (χ0) is 9.30. The highest BCUT2D eigenvalue weighted by Crippen LogP contribution is 2.29. The maximum Gasteiger partial charge on any atom is 0.167 e. The van der Waals surface area contributed by atoms with E-state index in [0.29, 0.717) is 0 Å². The summed E-state index contributed by atoms with van der Waals surface area (Å²) in [4.78, 5) is 10.8. The van der Waals surface area contributed by atoms with Gasteiger partial charge in [0.25, 0.3) is 0 Å². The second kappa shape index (κ2) is 2.81. The van der Waals surface area contributed by atoms with Gasteiger partial charge in [0.1, 0.15) is 11.3 Å². The van der Waals surface area contributed by atoms with Crippen LogP contribution >= 0.6 is 0 Å². The normalized spacial score (nSPS) is 9.83. The van der Waals surface area contributed by atoms with Crippen LogP contribution < -0.4 is 0 Å². The lowest BCUT2D eigenvalue weighted by molar-refractivity contribution is 0.101. The van der Waals surface area contributed by atoms with E-state index >= 15 is 0 Å². The predicted octanol–water partition coefficient (Wildman–Crippen LogP) is 1.44. The van der Waals surface area contributed by atoms with Crippen molar-refractivity contribution in [2.24, 2.45) is 0 Å². The van der Waals surface area contributed by atoms with Gasteiger partial charge < -0.3 is 10.2 Å². The van der Waals surface area contributed by atoms with Crippen molar-refractivity contribution in [1.29, 1.82) is 0 Å². The monoisotopic (exact) mass is 170 g/mol. The van der Waals surface area contributed by atoms with Gasteiger partial charge in [0.15, 0.2) is 17.3 Å². The molecule has 0 saturated heterocycles. The molecule has 0 fully saturated rings. The van der Waals surface area contributed by atoms with E-state index in [2.05, 4.69) is 0 Å². The SMILES string of the molecule is CC(=O)c1c(O)ccc(F)c1O. The molecule has 2 N–H and O–H groups in total. The van der Waals surface area contributed by atoms with E-state index < -0.39 is 23.1 Å². The Morgan fingerprint density at radius 2 is 2.00 bits per heavy atom. The Bertz CT molecular complexity index is 333. The van der Waals surface area contributed by atoms with Gasteiger partial charge in [0, 0.05) is 0 Å². The van der Waals surface area contributed by atoms with Gasteiger partial charge in [-0.25, -0.2) is 4.39 Å². The third-order valence-electron chi connectivity index (χ3n) is 1.46. The molecule has 0 aliphatic heterocycles. The maximum absolute atomic E-state index is 12.6. The van der Waals surface area contributed by atoms with Gasteiger partial charge in [0.2, 0.25) is 0 Å². The van der Waals surface area contributed by atoms with E-state index in [0.717, 1.165) is 19.1 Å². The van der Waals surface area contributed by atoms with Crippen molar-refractivity contribution in [3.05, 3.63) is 23.5 Å². The fraction of sp³-hybridized carbons (Fsp3) is 0.125. The number of halogens is 1. The number of hydrogen-bond donors (Lipinski definition) is 2. The Hall–Kier alpha value is -1.58. The third kappa shape index (κ3) is 1.23. The Morgan fingerprint density at radius 3 is 2.42 bits per heavy atom. The summed E-state index contributed by atoms with van der Waals surface area (Å²) in [6.07, 6.45) is 0. The summed E-state index contributed by atoms with van der Waals surface area (Å²) >= 11 is 0. The van der Waals surface area contributed by atoms with Crippen LogP contribution in [0.2, 0.25) is 0 Å². The van der Waals surface area contributed by atoms with Crippen LogP contribution in [-0.4, -0.2) is 16.0 Å². The van der Waals surface area contributed by atoms with Crippen LogP contribution in [0.5, 0.6) is 11.5 Å². The molecule has 0 bridgehead atoms. The van der Waals surface area contributed by atoms with Crippen molar-refractivity contribution in [3.8, 4) is 11.5 Å². The maximum atomic E-state index is 12.6. The summed E-state index contributed by atoms with van der Waals surface area (Å²) in [6.45, 7) is 1.13. The van der Waals surface area contributed by atoms with Gasteiger partial charge in [-0.15, -0.1) is 0 Å². The topological polar surface area (TPSA) is 57.5 Å².